The van der Waals surface area contributed by atoms with Gasteiger partial charge in [-0.1, -0.05) is 6.07 Å². The summed E-state index contributed by atoms with van der Waals surface area (Å²) in [6.45, 7) is 8.11. The Labute approximate surface area is 183 Å². The van der Waals surface area contributed by atoms with Crippen LogP contribution in [-0.2, 0) is 9.31 Å². The Morgan fingerprint density at radius 3 is 2.42 bits per heavy atom. The summed E-state index contributed by atoms with van der Waals surface area (Å²) in [5, 5.41) is 2.92. The van der Waals surface area contributed by atoms with Crippen molar-refractivity contribution in [2.75, 3.05) is 5.32 Å². The third-order valence-corrected chi connectivity index (χ3v) is 6.68. The van der Waals surface area contributed by atoms with E-state index in [1.54, 1.807) is 18.3 Å². The fourth-order valence-corrected chi connectivity index (χ4v) is 3.68. The SMILES string of the molecule is CC1(C)OB(c2ccc(C(=O)Nc3cc(C4CC4)ccn3)cc2OC2CC2)OC1(C)C. The maximum atomic E-state index is 12.9. The molecule has 0 radical (unpaired) electrons. The third-order valence-electron chi connectivity index (χ3n) is 6.68. The average Bonchev–Trinajstić information content (AvgIpc) is 3.61. The molecule has 2 heterocycles. The van der Waals surface area contributed by atoms with Gasteiger partial charge >= 0.3 is 7.12 Å². The molecule has 1 N–H and O–H groups in total. The number of pyridine rings is 1. The molecule has 3 aliphatic rings. The largest absolute Gasteiger partial charge is 0.498 e. The van der Waals surface area contributed by atoms with Crippen molar-refractivity contribution in [2.45, 2.75) is 76.6 Å². The van der Waals surface area contributed by atoms with Crippen LogP contribution in [0.25, 0.3) is 0 Å². The molecule has 2 aromatic rings. The summed E-state index contributed by atoms with van der Waals surface area (Å²) in [6.07, 6.45) is 6.41. The minimum Gasteiger partial charge on any atom is -0.491 e. The van der Waals surface area contributed by atoms with Crippen LogP contribution < -0.4 is 15.5 Å². The van der Waals surface area contributed by atoms with E-state index in [0.717, 1.165) is 18.3 Å². The zero-order chi connectivity index (χ0) is 21.8. The van der Waals surface area contributed by atoms with Crippen molar-refractivity contribution in [2.24, 2.45) is 0 Å². The van der Waals surface area contributed by atoms with Crippen molar-refractivity contribution >= 4 is 24.3 Å². The van der Waals surface area contributed by atoms with Gasteiger partial charge in [-0.05, 0) is 89.1 Å². The van der Waals surface area contributed by atoms with Crippen LogP contribution in [0.15, 0.2) is 36.5 Å². The van der Waals surface area contributed by atoms with E-state index < -0.39 is 18.3 Å². The van der Waals surface area contributed by atoms with Gasteiger partial charge in [0.2, 0.25) is 0 Å². The second-order valence-electron chi connectivity index (χ2n) is 9.86. The normalized spacial score (nSPS) is 21.7. The molecule has 0 atom stereocenters. The van der Waals surface area contributed by atoms with Gasteiger partial charge < -0.3 is 19.4 Å². The van der Waals surface area contributed by atoms with E-state index >= 15 is 0 Å². The molecule has 31 heavy (non-hydrogen) atoms. The van der Waals surface area contributed by atoms with Crippen molar-refractivity contribution in [3.05, 3.63) is 47.7 Å². The van der Waals surface area contributed by atoms with E-state index in [-0.39, 0.29) is 12.0 Å². The number of nitrogens with zero attached hydrogens (tertiary/aromatic N) is 1. The van der Waals surface area contributed by atoms with Crippen LogP contribution in [0, 0.1) is 0 Å². The van der Waals surface area contributed by atoms with Gasteiger partial charge in [0.25, 0.3) is 5.91 Å². The maximum Gasteiger partial charge on any atom is 0.498 e. The topological polar surface area (TPSA) is 69.7 Å². The lowest BCUT2D eigenvalue weighted by atomic mass is 9.78. The molecule has 162 valence electrons. The van der Waals surface area contributed by atoms with Gasteiger partial charge in [-0.3, -0.25) is 4.79 Å². The molecule has 2 aliphatic carbocycles. The highest BCUT2D eigenvalue weighted by atomic mass is 16.7. The Hall–Kier alpha value is -2.38. The number of rotatable bonds is 6. The van der Waals surface area contributed by atoms with Gasteiger partial charge in [-0.2, -0.15) is 0 Å². The number of carbonyl (C=O) groups excluding carboxylic acids is 1. The first-order valence-corrected chi connectivity index (χ1v) is 11.2. The number of hydrogen-bond donors (Lipinski definition) is 1. The van der Waals surface area contributed by atoms with E-state index in [1.165, 1.54) is 18.4 Å². The molecule has 7 heteroatoms. The molecule has 1 aliphatic heterocycles. The number of hydrogen-bond acceptors (Lipinski definition) is 5. The van der Waals surface area contributed by atoms with Gasteiger partial charge in [-0.15, -0.1) is 0 Å². The van der Waals surface area contributed by atoms with E-state index in [2.05, 4.69) is 10.3 Å². The first-order valence-electron chi connectivity index (χ1n) is 11.2. The summed E-state index contributed by atoms with van der Waals surface area (Å²) >= 11 is 0. The average molecular weight is 420 g/mol. The minimum absolute atomic E-state index is 0.191. The van der Waals surface area contributed by atoms with Crippen LogP contribution in [-0.4, -0.2) is 35.3 Å². The fourth-order valence-electron chi connectivity index (χ4n) is 3.68. The highest BCUT2D eigenvalue weighted by molar-refractivity contribution is 6.63. The molecule has 3 fully saturated rings. The Morgan fingerprint density at radius 1 is 1.06 bits per heavy atom. The smallest absolute Gasteiger partial charge is 0.491 e. The summed E-state index contributed by atoms with van der Waals surface area (Å²) in [7, 11) is -0.534. The van der Waals surface area contributed by atoms with Crippen molar-refractivity contribution in [1.29, 1.82) is 0 Å². The number of anilines is 1. The van der Waals surface area contributed by atoms with Crippen LogP contribution in [0.5, 0.6) is 5.75 Å². The van der Waals surface area contributed by atoms with Crippen molar-refractivity contribution < 1.29 is 18.8 Å². The number of nitrogens with one attached hydrogen (secondary N) is 1. The number of carbonyl (C=O) groups is 1. The predicted molar refractivity (Wildman–Crippen MR) is 120 cm³/mol. The molecule has 0 bridgehead atoms. The van der Waals surface area contributed by atoms with Crippen molar-refractivity contribution in [3.8, 4) is 5.75 Å². The van der Waals surface area contributed by atoms with E-state index in [9.17, 15) is 4.79 Å². The number of ether oxygens (including phenoxy) is 1. The molecule has 1 aromatic carbocycles. The van der Waals surface area contributed by atoms with Gasteiger partial charge in [0, 0.05) is 17.2 Å². The fraction of sp³-hybridized carbons (Fsp3) is 0.500. The first-order chi connectivity index (χ1) is 14.7. The van der Waals surface area contributed by atoms with Crippen molar-refractivity contribution in [1.82, 2.24) is 4.98 Å². The first kappa shape index (κ1) is 20.5. The Morgan fingerprint density at radius 2 is 1.77 bits per heavy atom. The second kappa shape index (κ2) is 7.35. The van der Waals surface area contributed by atoms with Crippen LogP contribution in [0.4, 0.5) is 5.82 Å². The molecule has 1 aromatic heterocycles. The van der Waals surface area contributed by atoms with Crippen LogP contribution in [0.1, 0.15) is 75.2 Å². The third kappa shape index (κ3) is 4.21. The zero-order valence-corrected chi connectivity index (χ0v) is 18.6. The molecule has 0 unspecified atom stereocenters. The van der Waals surface area contributed by atoms with Gasteiger partial charge in [0.05, 0.1) is 17.3 Å². The standard InChI is InChI=1S/C24H29BN2O4/c1-23(2)24(3,4)31-25(30-23)19-10-7-17(13-20(19)29-18-8-9-18)22(28)27-21-14-16(11-12-26-21)15-5-6-15/h7,10-15,18H,5-6,8-9H2,1-4H3,(H,26,27,28). The number of benzene rings is 1. The highest BCUT2D eigenvalue weighted by Gasteiger charge is 2.52. The molecule has 0 spiro atoms. The maximum absolute atomic E-state index is 12.9. The van der Waals surface area contributed by atoms with Crippen LogP contribution >= 0.6 is 0 Å². The molecule has 6 nitrogen and oxygen atoms in total. The van der Waals surface area contributed by atoms with Crippen LogP contribution in [0.2, 0.25) is 0 Å². The van der Waals surface area contributed by atoms with E-state index in [1.807, 2.05) is 45.9 Å². The number of amides is 1. The summed E-state index contributed by atoms with van der Waals surface area (Å²) in [6, 6.07) is 9.45. The predicted octanol–water partition coefficient (Wildman–Crippen LogP) is 4.05. The lowest BCUT2D eigenvalue weighted by Crippen LogP contribution is -2.41. The zero-order valence-electron chi connectivity index (χ0n) is 18.6. The minimum atomic E-state index is -0.534. The lowest BCUT2D eigenvalue weighted by molar-refractivity contribution is 0.00578. The molecular weight excluding hydrogens is 391 g/mol. The van der Waals surface area contributed by atoms with Gasteiger partial charge in [0.1, 0.15) is 11.6 Å². The monoisotopic (exact) mass is 420 g/mol. The molecule has 2 saturated carbocycles. The molecule has 1 amide bonds. The quantitative estimate of drug-likeness (QED) is 0.714. The summed E-state index contributed by atoms with van der Waals surface area (Å²) in [4.78, 5) is 17.2. The van der Waals surface area contributed by atoms with Gasteiger partial charge in [0.15, 0.2) is 0 Å². The second-order valence-corrected chi connectivity index (χ2v) is 9.86. The van der Waals surface area contributed by atoms with Crippen LogP contribution in [0.3, 0.4) is 0 Å². The van der Waals surface area contributed by atoms with Gasteiger partial charge in [-0.25, -0.2) is 4.98 Å². The summed E-state index contributed by atoms with van der Waals surface area (Å²) in [5.74, 6) is 1.63. The van der Waals surface area contributed by atoms with E-state index in [0.29, 0.717) is 23.0 Å². The Bertz CT molecular complexity index is 998. The van der Waals surface area contributed by atoms with E-state index in [4.69, 9.17) is 14.0 Å². The molecule has 1 saturated heterocycles. The molecular formula is C24H29BN2O4. The number of aromatic nitrogens is 1. The molecule has 5 rings (SSSR count). The summed E-state index contributed by atoms with van der Waals surface area (Å²) < 4.78 is 18.6. The summed E-state index contributed by atoms with van der Waals surface area (Å²) in [5.41, 5.74) is 1.69. The van der Waals surface area contributed by atoms with Crippen molar-refractivity contribution in [3.63, 3.8) is 0 Å². The Balaban J connectivity index is 1.38. The lowest BCUT2D eigenvalue weighted by Gasteiger charge is -2.32. The highest BCUT2D eigenvalue weighted by Crippen LogP contribution is 2.40. The Kier molecular flexibility index (Phi) is 4.86.